The number of hydrazine groups is 1. The molecule has 0 saturated heterocycles. The third-order valence-electron chi connectivity index (χ3n) is 2.31. The van der Waals surface area contributed by atoms with E-state index in [4.69, 9.17) is 0 Å². The fraction of sp³-hybridized carbons (Fsp3) is 0.0769. The van der Waals surface area contributed by atoms with Crippen molar-refractivity contribution in [3.8, 4) is 0 Å². The standard InChI is InChI=1S/C13H11FN4O2S/c14-10-5-2-1-4-9(10)12(20)18-17-11(19)8-21-13-15-6-3-7-16-13/h1-7H,8H2,(H,17,19)(H,18,20). The predicted molar refractivity (Wildman–Crippen MR) is 74.8 cm³/mol. The van der Waals surface area contributed by atoms with Crippen molar-refractivity contribution in [2.45, 2.75) is 5.16 Å². The normalized spacial score (nSPS) is 9.95. The maximum atomic E-state index is 13.3. The van der Waals surface area contributed by atoms with E-state index in [0.29, 0.717) is 5.16 Å². The summed E-state index contributed by atoms with van der Waals surface area (Å²) in [5.74, 6) is -1.79. The van der Waals surface area contributed by atoms with Crippen LogP contribution in [0, 0.1) is 5.82 Å². The molecule has 0 radical (unpaired) electrons. The number of aromatic nitrogens is 2. The number of benzene rings is 1. The molecule has 0 atom stereocenters. The summed E-state index contributed by atoms with van der Waals surface area (Å²) in [6.07, 6.45) is 3.13. The summed E-state index contributed by atoms with van der Waals surface area (Å²) in [5.41, 5.74) is 4.20. The molecule has 2 rings (SSSR count). The number of nitrogens with zero attached hydrogens (tertiary/aromatic N) is 2. The lowest BCUT2D eigenvalue weighted by atomic mass is 10.2. The smallest absolute Gasteiger partial charge is 0.272 e. The summed E-state index contributed by atoms with van der Waals surface area (Å²) >= 11 is 1.12. The Morgan fingerprint density at radius 1 is 1.10 bits per heavy atom. The Morgan fingerprint density at radius 2 is 1.81 bits per heavy atom. The van der Waals surface area contributed by atoms with E-state index < -0.39 is 17.6 Å². The third-order valence-corrected chi connectivity index (χ3v) is 3.18. The first-order valence-corrected chi connectivity index (χ1v) is 6.89. The molecular weight excluding hydrogens is 295 g/mol. The highest BCUT2D eigenvalue weighted by molar-refractivity contribution is 7.99. The molecule has 0 fully saturated rings. The molecule has 0 aliphatic carbocycles. The molecule has 0 aliphatic heterocycles. The summed E-state index contributed by atoms with van der Waals surface area (Å²) < 4.78 is 13.3. The highest BCUT2D eigenvalue weighted by Gasteiger charge is 2.11. The zero-order valence-electron chi connectivity index (χ0n) is 10.7. The summed E-state index contributed by atoms with van der Waals surface area (Å²) in [6, 6.07) is 7.16. The van der Waals surface area contributed by atoms with E-state index in [0.717, 1.165) is 11.8 Å². The number of rotatable bonds is 4. The van der Waals surface area contributed by atoms with E-state index in [9.17, 15) is 14.0 Å². The Kier molecular flexibility index (Phi) is 5.22. The van der Waals surface area contributed by atoms with Crippen molar-refractivity contribution in [2.24, 2.45) is 0 Å². The van der Waals surface area contributed by atoms with Gasteiger partial charge in [0.1, 0.15) is 5.82 Å². The van der Waals surface area contributed by atoms with Crippen molar-refractivity contribution < 1.29 is 14.0 Å². The van der Waals surface area contributed by atoms with E-state index in [2.05, 4.69) is 20.8 Å². The molecule has 1 heterocycles. The minimum atomic E-state index is -0.720. The van der Waals surface area contributed by atoms with Crippen LogP contribution >= 0.6 is 11.8 Å². The number of halogens is 1. The van der Waals surface area contributed by atoms with Gasteiger partial charge < -0.3 is 0 Å². The van der Waals surface area contributed by atoms with Gasteiger partial charge in [0, 0.05) is 12.4 Å². The van der Waals surface area contributed by atoms with Crippen molar-refractivity contribution in [3.05, 3.63) is 54.1 Å². The van der Waals surface area contributed by atoms with E-state index >= 15 is 0 Å². The molecular formula is C13H11FN4O2S. The second-order valence-corrected chi connectivity index (χ2v) is 4.74. The highest BCUT2D eigenvalue weighted by Crippen LogP contribution is 2.09. The minimum Gasteiger partial charge on any atom is -0.272 e. The molecule has 2 aromatic rings. The van der Waals surface area contributed by atoms with Gasteiger partial charge in [0.25, 0.3) is 5.91 Å². The fourth-order valence-corrected chi connectivity index (χ4v) is 1.97. The number of carbonyl (C=O) groups excluding carboxylic acids is 2. The maximum Gasteiger partial charge on any atom is 0.272 e. The minimum absolute atomic E-state index is 0.0293. The van der Waals surface area contributed by atoms with Crippen LogP contribution in [0.3, 0.4) is 0 Å². The molecule has 1 aromatic heterocycles. The van der Waals surface area contributed by atoms with Gasteiger partial charge in [0.05, 0.1) is 11.3 Å². The first-order chi connectivity index (χ1) is 10.2. The van der Waals surface area contributed by atoms with Gasteiger partial charge in [0.15, 0.2) is 5.16 Å². The Morgan fingerprint density at radius 3 is 2.52 bits per heavy atom. The Labute approximate surface area is 124 Å². The van der Waals surface area contributed by atoms with Gasteiger partial charge in [-0.05, 0) is 18.2 Å². The molecule has 108 valence electrons. The van der Waals surface area contributed by atoms with Gasteiger partial charge in [-0.3, -0.25) is 20.4 Å². The van der Waals surface area contributed by atoms with Gasteiger partial charge in [-0.1, -0.05) is 23.9 Å². The highest BCUT2D eigenvalue weighted by atomic mass is 32.2. The van der Waals surface area contributed by atoms with Crippen LogP contribution in [0.25, 0.3) is 0 Å². The van der Waals surface area contributed by atoms with E-state index in [1.165, 1.54) is 24.3 Å². The molecule has 0 spiro atoms. The van der Waals surface area contributed by atoms with Crippen LogP contribution in [0.1, 0.15) is 10.4 Å². The number of nitrogens with one attached hydrogen (secondary N) is 2. The SMILES string of the molecule is O=C(CSc1ncccn1)NNC(=O)c1ccccc1F. The van der Waals surface area contributed by atoms with Crippen molar-refractivity contribution in [2.75, 3.05) is 5.75 Å². The zero-order valence-corrected chi connectivity index (χ0v) is 11.6. The van der Waals surface area contributed by atoms with Crippen LogP contribution in [-0.4, -0.2) is 27.5 Å². The fourth-order valence-electron chi connectivity index (χ4n) is 1.37. The third kappa shape index (κ3) is 4.53. The summed E-state index contributed by atoms with van der Waals surface area (Å²) in [4.78, 5) is 31.1. The topological polar surface area (TPSA) is 84.0 Å². The van der Waals surface area contributed by atoms with E-state index in [1.54, 1.807) is 18.5 Å². The number of amides is 2. The lowest BCUT2D eigenvalue weighted by Crippen LogP contribution is -2.42. The van der Waals surface area contributed by atoms with Crippen LogP contribution in [-0.2, 0) is 4.79 Å². The molecule has 6 nitrogen and oxygen atoms in total. The lowest BCUT2D eigenvalue weighted by molar-refractivity contribution is -0.119. The first-order valence-electron chi connectivity index (χ1n) is 5.90. The van der Waals surface area contributed by atoms with Crippen LogP contribution in [0.4, 0.5) is 4.39 Å². The molecule has 2 N–H and O–H groups in total. The number of carbonyl (C=O) groups is 2. The second kappa shape index (κ2) is 7.34. The predicted octanol–water partition coefficient (Wildman–Crippen LogP) is 1.17. The van der Waals surface area contributed by atoms with Crippen molar-refractivity contribution in [1.82, 2.24) is 20.8 Å². The molecule has 0 bridgehead atoms. The van der Waals surface area contributed by atoms with Crippen molar-refractivity contribution in [3.63, 3.8) is 0 Å². The largest absolute Gasteiger partial charge is 0.272 e. The summed E-state index contributed by atoms with van der Waals surface area (Å²) in [6.45, 7) is 0. The van der Waals surface area contributed by atoms with Crippen molar-refractivity contribution in [1.29, 1.82) is 0 Å². The van der Waals surface area contributed by atoms with Crippen LogP contribution in [0.15, 0.2) is 47.9 Å². The van der Waals surface area contributed by atoms with Crippen LogP contribution in [0.5, 0.6) is 0 Å². The summed E-state index contributed by atoms with van der Waals surface area (Å²) in [5, 5.41) is 0.452. The molecule has 21 heavy (non-hydrogen) atoms. The molecule has 0 saturated carbocycles. The van der Waals surface area contributed by atoms with Crippen molar-refractivity contribution >= 4 is 23.6 Å². The molecule has 0 aliphatic rings. The van der Waals surface area contributed by atoms with E-state index in [-0.39, 0.29) is 11.3 Å². The van der Waals surface area contributed by atoms with Gasteiger partial charge in [-0.25, -0.2) is 14.4 Å². The lowest BCUT2D eigenvalue weighted by Gasteiger charge is -2.07. The number of hydrogen-bond donors (Lipinski definition) is 2. The molecule has 2 amide bonds. The quantitative estimate of drug-likeness (QED) is 0.503. The Bertz CT molecular complexity index is 639. The number of thioether (sulfide) groups is 1. The monoisotopic (exact) mass is 306 g/mol. The van der Waals surface area contributed by atoms with Crippen LogP contribution < -0.4 is 10.9 Å². The first kappa shape index (κ1) is 14.9. The van der Waals surface area contributed by atoms with Gasteiger partial charge in [-0.2, -0.15) is 0 Å². The maximum absolute atomic E-state index is 13.3. The average Bonchev–Trinajstić information content (AvgIpc) is 2.52. The Balaban J connectivity index is 1.79. The molecule has 8 heteroatoms. The average molecular weight is 306 g/mol. The van der Waals surface area contributed by atoms with Gasteiger partial charge in [0.2, 0.25) is 5.91 Å². The van der Waals surface area contributed by atoms with E-state index in [1.807, 2.05) is 0 Å². The van der Waals surface area contributed by atoms with Gasteiger partial charge in [-0.15, -0.1) is 0 Å². The van der Waals surface area contributed by atoms with Crippen LogP contribution in [0.2, 0.25) is 0 Å². The zero-order chi connectivity index (χ0) is 15.1. The summed E-state index contributed by atoms with van der Waals surface area (Å²) in [7, 11) is 0. The molecule has 0 unspecified atom stereocenters. The second-order valence-electron chi connectivity index (χ2n) is 3.80. The number of hydrogen-bond acceptors (Lipinski definition) is 5. The van der Waals surface area contributed by atoms with Gasteiger partial charge >= 0.3 is 0 Å². The Hall–Kier alpha value is -2.48. The molecule has 1 aromatic carbocycles.